The van der Waals surface area contributed by atoms with E-state index in [1.165, 1.54) is 24.3 Å². The molecule has 3 aromatic carbocycles. The van der Waals surface area contributed by atoms with Crippen LogP contribution < -0.4 is 15.4 Å². The molecule has 2 N–H and O–H groups in total. The number of nitrogens with zero attached hydrogens (tertiary/aromatic N) is 2. The summed E-state index contributed by atoms with van der Waals surface area (Å²) in [5.41, 5.74) is 0.739. The molecule has 1 aromatic heterocycles. The average Bonchev–Trinajstić information content (AvgIpc) is 3.21. The minimum atomic E-state index is -0.765. The van der Waals surface area contributed by atoms with Crippen LogP contribution in [-0.4, -0.2) is 28.0 Å². The summed E-state index contributed by atoms with van der Waals surface area (Å²) < 4.78 is 51.2. The molecule has 0 aliphatic carbocycles. The summed E-state index contributed by atoms with van der Waals surface area (Å²) >= 11 is 5.83. The molecule has 0 radical (unpaired) electrons. The number of anilines is 1. The molecule has 41 heavy (non-hydrogen) atoms. The first kappa shape index (κ1) is 29.9. The molecule has 0 saturated carbocycles. The highest BCUT2D eigenvalue weighted by Gasteiger charge is 2.23. The maximum absolute atomic E-state index is 15.4. The third-order valence-electron chi connectivity index (χ3n) is 6.52. The van der Waals surface area contributed by atoms with Crippen LogP contribution in [0.1, 0.15) is 55.0 Å². The molecule has 1 heterocycles. The maximum atomic E-state index is 15.4. The normalized spacial score (nSPS) is 11.5. The van der Waals surface area contributed by atoms with Gasteiger partial charge in [0.15, 0.2) is 0 Å². The van der Waals surface area contributed by atoms with E-state index >= 15 is 4.39 Å². The topological polar surface area (TPSA) is 85.2 Å². The van der Waals surface area contributed by atoms with Gasteiger partial charge in [-0.2, -0.15) is 0 Å². The van der Waals surface area contributed by atoms with E-state index < -0.39 is 28.8 Å². The second-order valence-corrected chi connectivity index (χ2v) is 11.0. The van der Waals surface area contributed by atoms with Crippen molar-refractivity contribution < 1.29 is 27.5 Å². The fourth-order valence-corrected chi connectivity index (χ4v) is 4.38. The lowest BCUT2D eigenvalue weighted by atomic mass is 9.95. The Balaban J connectivity index is 1.66. The van der Waals surface area contributed by atoms with Crippen molar-refractivity contribution in [1.82, 2.24) is 14.9 Å². The van der Waals surface area contributed by atoms with Crippen LogP contribution in [0.5, 0.6) is 5.75 Å². The molecule has 0 bridgehead atoms. The van der Waals surface area contributed by atoms with Crippen molar-refractivity contribution >= 4 is 40.1 Å². The predicted octanol–water partition coefficient (Wildman–Crippen LogP) is 6.55. The van der Waals surface area contributed by atoms with E-state index in [0.29, 0.717) is 16.9 Å². The zero-order chi connectivity index (χ0) is 30.1. The number of halogens is 4. The molecule has 7 nitrogen and oxygen atoms in total. The first-order chi connectivity index (χ1) is 19.3. The number of hydrogen-bond acceptors (Lipinski definition) is 4. The number of aryl methyl sites for hydroxylation is 1. The SMILES string of the molecule is CCOc1cc2c(cc1C(=O)Nc1ccc(F)c(Cl)c1)nc(Cc1c(F)ccc(CNC(=O)C(C)(C)C)c1F)n2C. The number of hydrogen-bond donors (Lipinski definition) is 2. The van der Waals surface area contributed by atoms with Gasteiger partial charge in [0.25, 0.3) is 5.91 Å². The van der Waals surface area contributed by atoms with Crippen LogP contribution in [0.4, 0.5) is 18.9 Å². The molecule has 0 aliphatic heterocycles. The quantitative estimate of drug-likeness (QED) is 0.245. The molecule has 0 saturated heterocycles. The predicted molar refractivity (Wildman–Crippen MR) is 152 cm³/mol. The molecule has 2 amide bonds. The largest absolute Gasteiger partial charge is 0.493 e. The monoisotopic (exact) mass is 586 g/mol. The Morgan fingerprint density at radius 3 is 2.41 bits per heavy atom. The number of nitrogens with one attached hydrogen (secondary N) is 2. The smallest absolute Gasteiger partial charge is 0.259 e. The Labute approximate surface area is 240 Å². The van der Waals surface area contributed by atoms with Crippen LogP contribution in [0.3, 0.4) is 0 Å². The van der Waals surface area contributed by atoms with E-state index in [9.17, 15) is 18.4 Å². The minimum Gasteiger partial charge on any atom is -0.493 e. The van der Waals surface area contributed by atoms with Crippen molar-refractivity contribution in [1.29, 1.82) is 0 Å². The van der Waals surface area contributed by atoms with E-state index in [1.54, 1.807) is 45.4 Å². The van der Waals surface area contributed by atoms with Crippen molar-refractivity contribution in [2.24, 2.45) is 12.5 Å². The fraction of sp³-hybridized carbons (Fsp3) is 0.300. The van der Waals surface area contributed by atoms with Gasteiger partial charge < -0.3 is 19.9 Å². The third-order valence-corrected chi connectivity index (χ3v) is 6.81. The molecule has 0 fully saturated rings. The van der Waals surface area contributed by atoms with Gasteiger partial charge in [-0.15, -0.1) is 0 Å². The lowest BCUT2D eigenvalue weighted by molar-refractivity contribution is -0.128. The van der Waals surface area contributed by atoms with Crippen LogP contribution in [-0.2, 0) is 24.8 Å². The minimum absolute atomic E-state index is 0.0901. The van der Waals surface area contributed by atoms with Crippen molar-refractivity contribution in [3.05, 3.63) is 87.5 Å². The van der Waals surface area contributed by atoms with Gasteiger partial charge in [-0.3, -0.25) is 9.59 Å². The highest BCUT2D eigenvalue weighted by molar-refractivity contribution is 6.31. The number of amides is 2. The number of benzene rings is 3. The summed E-state index contributed by atoms with van der Waals surface area (Å²) in [6.45, 7) is 7.17. The molecule has 4 rings (SSSR count). The van der Waals surface area contributed by atoms with E-state index in [4.69, 9.17) is 16.3 Å². The molecular weight excluding hydrogens is 557 g/mol. The number of ether oxygens (including phenoxy) is 1. The standard InChI is InChI=1S/C30H30ClF3N4O3/c1-6-41-25-14-24-23(12-19(25)28(39)36-17-8-10-22(33)20(31)11-17)37-26(38(24)5)13-18-21(32)9-7-16(27(18)34)15-35-29(40)30(2,3)4/h7-12,14H,6,13,15H2,1-5H3,(H,35,40)(H,36,39). The highest BCUT2D eigenvalue weighted by atomic mass is 35.5. The molecule has 11 heteroatoms. The molecule has 0 atom stereocenters. The van der Waals surface area contributed by atoms with E-state index in [2.05, 4.69) is 15.6 Å². The number of rotatable bonds is 8. The first-order valence-electron chi connectivity index (χ1n) is 12.9. The lowest BCUT2D eigenvalue weighted by Crippen LogP contribution is -2.34. The van der Waals surface area contributed by atoms with Gasteiger partial charge in [0.2, 0.25) is 5.91 Å². The Bertz CT molecular complexity index is 1650. The van der Waals surface area contributed by atoms with Gasteiger partial charge in [-0.25, -0.2) is 18.2 Å². The fourth-order valence-electron chi connectivity index (χ4n) is 4.20. The number of fused-ring (bicyclic) bond motifs is 1. The van der Waals surface area contributed by atoms with Crippen molar-refractivity contribution in [3.8, 4) is 5.75 Å². The van der Waals surface area contributed by atoms with Crippen LogP contribution in [0, 0.1) is 22.9 Å². The van der Waals surface area contributed by atoms with Gasteiger partial charge in [0, 0.05) is 48.3 Å². The summed E-state index contributed by atoms with van der Waals surface area (Å²) in [4.78, 5) is 29.9. The number of carbonyl (C=O) groups is 2. The summed E-state index contributed by atoms with van der Waals surface area (Å²) in [6, 6.07) is 9.43. The van der Waals surface area contributed by atoms with Crippen LogP contribution in [0.15, 0.2) is 42.5 Å². The Hall–Kier alpha value is -4.05. The maximum Gasteiger partial charge on any atom is 0.259 e. The number of imidazole rings is 1. The summed E-state index contributed by atoms with van der Waals surface area (Å²) in [5, 5.41) is 5.21. The van der Waals surface area contributed by atoms with Crippen molar-refractivity contribution in [2.45, 2.75) is 40.7 Å². The highest BCUT2D eigenvalue weighted by Crippen LogP contribution is 2.30. The summed E-state index contributed by atoms with van der Waals surface area (Å²) in [6.07, 6.45) is -0.177. The Morgan fingerprint density at radius 2 is 1.76 bits per heavy atom. The van der Waals surface area contributed by atoms with Crippen LogP contribution in [0.2, 0.25) is 5.02 Å². The summed E-state index contributed by atoms with van der Waals surface area (Å²) in [5.74, 6) is -2.30. The van der Waals surface area contributed by atoms with Gasteiger partial charge in [0.1, 0.15) is 29.0 Å². The number of aromatic nitrogens is 2. The molecule has 0 unspecified atom stereocenters. The van der Waals surface area contributed by atoms with Crippen LogP contribution in [0.25, 0.3) is 11.0 Å². The molecular formula is C30H30ClF3N4O3. The second kappa shape index (κ2) is 11.8. The van der Waals surface area contributed by atoms with Gasteiger partial charge >= 0.3 is 0 Å². The zero-order valence-corrected chi connectivity index (χ0v) is 24.0. The van der Waals surface area contributed by atoms with E-state index in [-0.39, 0.29) is 58.6 Å². The Morgan fingerprint density at radius 1 is 1.05 bits per heavy atom. The molecule has 216 valence electrons. The summed E-state index contributed by atoms with van der Waals surface area (Å²) in [7, 11) is 1.70. The molecule has 0 aliphatic rings. The van der Waals surface area contributed by atoms with Crippen molar-refractivity contribution in [2.75, 3.05) is 11.9 Å². The van der Waals surface area contributed by atoms with Gasteiger partial charge in [0.05, 0.1) is 28.2 Å². The number of carbonyl (C=O) groups excluding carboxylic acids is 2. The molecule has 0 spiro atoms. The van der Waals surface area contributed by atoms with Crippen LogP contribution >= 0.6 is 11.6 Å². The van der Waals surface area contributed by atoms with Crippen molar-refractivity contribution in [3.63, 3.8) is 0 Å². The van der Waals surface area contributed by atoms with E-state index in [1.807, 2.05) is 0 Å². The third kappa shape index (κ3) is 6.48. The van der Waals surface area contributed by atoms with Gasteiger partial charge in [-0.05, 0) is 37.3 Å². The first-order valence-corrected chi connectivity index (χ1v) is 13.3. The average molecular weight is 587 g/mol. The lowest BCUT2D eigenvalue weighted by Gasteiger charge is -2.18. The van der Waals surface area contributed by atoms with Gasteiger partial charge in [-0.1, -0.05) is 38.4 Å². The molecule has 4 aromatic rings. The Kier molecular flexibility index (Phi) is 8.63. The van der Waals surface area contributed by atoms with E-state index in [0.717, 1.165) is 12.1 Å². The zero-order valence-electron chi connectivity index (χ0n) is 23.3. The second-order valence-electron chi connectivity index (χ2n) is 10.5.